The lowest BCUT2D eigenvalue weighted by atomic mass is 10.3. The lowest BCUT2D eigenvalue weighted by molar-refractivity contribution is 0.0980. The van der Waals surface area contributed by atoms with Gasteiger partial charge in [-0.1, -0.05) is 11.3 Å². The Labute approximate surface area is 188 Å². The largest absolute Gasteiger partial charge is 0.494 e. The van der Waals surface area contributed by atoms with Crippen molar-refractivity contribution in [3.63, 3.8) is 0 Å². The van der Waals surface area contributed by atoms with E-state index >= 15 is 0 Å². The van der Waals surface area contributed by atoms with Crippen LogP contribution < -0.4 is 9.64 Å². The second-order valence-corrected chi connectivity index (χ2v) is 8.17. The van der Waals surface area contributed by atoms with E-state index < -0.39 is 0 Å². The molecule has 1 amide bonds. The van der Waals surface area contributed by atoms with Gasteiger partial charge in [0.25, 0.3) is 5.91 Å². The fraction of sp³-hybridized carbons (Fsp3) is 0.476. The van der Waals surface area contributed by atoms with Crippen molar-refractivity contribution >= 4 is 45.0 Å². The zero-order chi connectivity index (χ0) is 21.0. The van der Waals surface area contributed by atoms with Gasteiger partial charge in [-0.25, -0.2) is 4.98 Å². The van der Waals surface area contributed by atoms with E-state index in [4.69, 9.17) is 9.72 Å². The molecule has 0 radical (unpaired) electrons. The summed E-state index contributed by atoms with van der Waals surface area (Å²) in [6.45, 7) is 8.79. The third-order valence-corrected chi connectivity index (χ3v) is 5.66. The molecule has 164 valence electrons. The maximum atomic E-state index is 13.3. The van der Waals surface area contributed by atoms with Crippen molar-refractivity contribution < 1.29 is 9.53 Å². The molecule has 9 heteroatoms. The van der Waals surface area contributed by atoms with Crippen molar-refractivity contribution in [1.82, 2.24) is 19.7 Å². The van der Waals surface area contributed by atoms with Gasteiger partial charge in [-0.05, 0) is 72.1 Å². The van der Waals surface area contributed by atoms with Crippen LogP contribution in [0.2, 0.25) is 0 Å². The molecule has 3 aromatic rings. The van der Waals surface area contributed by atoms with Gasteiger partial charge in [-0.15, -0.1) is 12.4 Å². The summed E-state index contributed by atoms with van der Waals surface area (Å²) in [6.07, 6.45) is 0.854. The number of halogens is 1. The van der Waals surface area contributed by atoms with E-state index in [1.54, 1.807) is 4.90 Å². The van der Waals surface area contributed by atoms with Gasteiger partial charge >= 0.3 is 0 Å². The fourth-order valence-electron chi connectivity index (χ4n) is 3.17. The van der Waals surface area contributed by atoms with Gasteiger partial charge in [0.1, 0.15) is 5.75 Å². The molecule has 2 heterocycles. The minimum Gasteiger partial charge on any atom is -0.494 e. The van der Waals surface area contributed by atoms with E-state index in [9.17, 15) is 4.79 Å². The van der Waals surface area contributed by atoms with Gasteiger partial charge in [0.2, 0.25) is 0 Å². The minimum atomic E-state index is -0.108. The maximum absolute atomic E-state index is 13.3. The Morgan fingerprint density at radius 3 is 2.60 bits per heavy atom. The van der Waals surface area contributed by atoms with Crippen molar-refractivity contribution in [2.24, 2.45) is 0 Å². The number of hydrogen-bond acceptors (Lipinski definition) is 6. The number of ether oxygens (including phenoxy) is 1. The number of fused-ring (bicyclic) bond motifs is 1. The molecule has 0 N–H and O–H groups in total. The molecule has 0 spiro atoms. The van der Waals surface area contributed by atoms with Gasteiger partial charge in [0, 0.05) is 18.8 Å². The zero-order valence-corrected chi connectivity index (χ0v) is 19.8. The van der Waals surface area contributed by atoms with Crippen molar-refractivity contribution in [1.29, 1.82) is 0 Å². The van der Waals surface area contributed by atoms with Crippen LogP contribution in [0.15, 0.2) is 24.3 Å². The maximum Gasteiger partial charge on any atom is 0.280 e. The second-order valence-electron chi connectivity index (χ2n) is 7.16. The highest BCUT2D eigenvalue weighted by Gasteiger charge is 2.24. The van der Waals surface area contributed by atoms with Crippen LogP contribution in [0.3, 0.4) is 0 Å². The van der Waals surface area contributed by atoms with E-state index in [-0.39, 0.29) is 18.3 Å². The van der Waals surface area contributed by atoms with Gasteiger partial charge in [-0.2, -0.15) is 5.10 Å². The van der Waals surface area contributed by atoms with Crippen LogP contribution in [0.5, 0.6) is 5.75 Å². The summed E-state index contributed by atoms with van der Waals surface area (Å²) in [4.78, 5) is 21.9. The van der Waals surface area contributed by atoms with E-state index in [2.05, 4.69) is 10.00 Å². The second kappa shape index (κ2) is 10.7. The first kappa shape index (κ1) is 24.1. The van der Waals surface area contributed by atoms with Crippen molar-refractivity contribution in [2.75, 3.05) is 38.7 Å². The number of nitrogens with zero attached hydrogens (tertiary/aromatic N) is 5. The van der Waals surface area contributed by atoms with Gasteiger partial charge in [0.15, 0.2) is 10.8 Å². The number of carbonyl (C=O) groups excluding carboxylic acids is 1. The van der Waals surface area contributed by atoms with E-state index in [0.29, 0.717) is 24.0 Å². The third-order valence-electron chi connectivity index (χ3n) is 4.62. The molecule has 0 bridgehead atoms. The summed E-state index contributed by atoms with van der Waals surface area (Å²) >= 11 is 1.51. The van der Waals surface area contributed by atoms with Crippen LogP contribution in [0.1, 0.15) is 36.5 Å². The number of carbonyl (C=O) groups is 1. The first-order chi connectivity index (χ1) is 13.9. The smallest absolute Gasteiger partial charge is 0.280 e. The van der Waals surface area contributed by atoms with E-state index in [0.717, 1.165) is 41.2 Å². The Bertz CT molecular complexity index is 985. The number of hydrogen-bond donors (Lipinski definition) is 0. The lowest BCUT2D eigenvalue weighted by Gasteiger charge is -2.20. The van der Waals surface area contributed by atoms with Gasteiger partial charge < -0.3 is 9.64 Å². The number of thiazole rings is 1. The minimum absolute atomic E-state index is 0. The summed E-state index contributed by atoms with van der Waals surface area (Å²) in [6, 6.07) is 7.70. The molecule has 0 fully saturated rings. The van der Waals surface area contributed by atoms with Crippen molar-refractivity contribution in [2.45, 2.75) is 33.7 Å². The van der Waals surface area contributed by atoms with Crippen LogP contribution in [0.4, 0.5) is 5.13 Å². The first-order valence-electron chi connectivity index (χ1n) is 9.97. The van der Waals surface area contributed by atoms with E-state index in [1.165, 1.54) is 11.3 Å². The van der Waals surface area contributed by atoms with Crippen molar-refractivity contribution in [3.8, 4) is 5.75 Å². The molecule has 0 saturated carbocycles. The third kappa shape index (κ3) is 5.50. The summed E-state index contributed by atoms with van der Waals surface area (Å²) in [5, 5.41) is 5.18. The quantitative estimate of drug-likeness (QED) is 0.487. The highest BCUT2D eigenvalue weighted by Crippen LogP contribution is 2.32. The lowest BCUT2D eigenvalue weighted by Crippen LogP contribution is -2.33. The number of aryl methyl sites for hydroxylation is 2. The molecule has 30 heavy (non-hydrogen) atoms. The Kier molecular flexibility index (Phi) is 8.64. The number of amides is 1. The Balaban J connectivity index is 0.00000320. The molecule has 3 rings (SSSR count). The molecule has 0 aliphatic heterocycles. The fourth-order valence-corrected chi connectivity index (χ4v) is 4.19. The van der Waals surface area contributed by atoms with Gasteiger partial charge in [-0.3, -0.25) is 14.4 Å². The molecule has 1 aromatic carbocycles. The molecule has 2 aromatic heterocycles. The topological polar surface area (TPSA) is 63.5 Å². The SMILES string of the molecule is CCOc1ccc2nc(N(CCCN(C)C)C(=O)c3cc(C)n(CC)n3)sc2c1.Cl. The highest BCUT2D eigenvalue weighted by molar-refractivity contribution is 7.22. The predicted octanol–water partition coefficient (Wildman–Crippen LogP) is 4.24. The summed E-state index contributed by atoms with van der Waals surface area (Å²) in [5.74, 6) is 0.709. The van der Waals surface area contributed by atoms with Crippen molar-refractivity contribution in [3.05, 3.63) is 35.7 Å². The summed E-state index contributed by atoms with van der Waals surface area (Å²) in [5.41, 5.74) is 2.31. The normalized spacial score (nSPS) is 11.0. The molecule has 0 aliphatic carbocycles. The molecule has 0 unspecified atom stereocenters. The van der Waals surface area contributed by atoms with Crippen LogP contribution in [0.25, 0.3) is 10.2 Å². The summed E-state index contributed by atoms with van der Waals surface area (Å²) < 4.78 is 8.45. The highest BCUT2D eigenvalue weighted by atomic mass is 35.5. The molecule has 0 aliphatic rings. The van der Waals surface area contributed by atoms with E-state index in [1.807, 2.05) is 63.8 Å². The van der Waals surface area contributed by atoms with Crippen LogP contribution in [-0.4, -0.2) is 59.4 Å². The standard InChI is InChI=1S/C21H29N5O2S.ClH/c1-6-26-15(3)13-18(23-26)20(27)25(12-8-11-24(4)5)21-22-17-10-9-16(28-7-2)14-19(17)29-21;/h9-10,13-14H,6-8,11-12H2,1-5H3;1H. The van der Waals surface area contributed by atoms with Crippen LogP contribution in [0, 0.1) is 6.92 Å². The van der Waals surface area contributed by atoms with Gasteiger partial charge in [0.05, 0.1) is 16.8 Å². The average molecular weight is 452 g/mol. The van der Waals surface area contributed by atoms with Crippen LogP contribution >= 0.6 is 23.7 Å². The predicted molar refractivity (Wildman–Crippen MR) is 126 cm³/mol. The average Bonchev–Trinajstić information content (AvgIpc) is 3.27. The number of benzene rings is 1. The molecule has 0 atom stereocenters. The molecular formula is C21H30ClN5O2S. The Hall–Kier alpha value is -2.16. The first-order valence-corrected chi connectivity index (χ1v) is 10.8. The molecular weight excluding hydrogens is 422 g/mol. The summed E-state index contributed by atoms with van der Waals surface area (Å²) in [7, 11) is 4.07. The monoisotopic (exact) mass is 451 g/mol. The molecule has 0 saturated heterocycles. The number of anilines is 1. The zero-order valence-electron chi connectivity index (χ0n) is 18.2. The number of aromatic nitrogens is 3. The van der Waals surface area contributed by atoms with Crippen LogP contribution in [-0.2, 0) is 6.54 Å². The molecule has 7 nitrogen and oxygen atoms in total. The number of rotatable bonds is 9. The Morgan fingerprint density at radius 2 is 1.97 bits per heavy atom. The Morgan fingerprint density at radius 1 is 1.20 bits per heavy atom.